The second-order valence-corrected chi connectivity index (χ2v) is 6.77. The van der Waals surface area contributed by atoms with E-state index in [1.165, 1.54) is 25.7 Å². The van der Waals surface area contributed by atoms with Crippen molar-refractivity contribution in [3.63, 3.8) is 0 Å². The fraction of sp³-hybridized carbons (Fsp3) is 0.381. The minimum Gasteiger partial charge on any atom is -0.370 e. The van der Waals surface area contributed by atoms with Crippen LogP contribution in [0.4, 0.5) is 17.5 Å². The van der Waals surface area contributed by atoms with E-state index >= 15 is 0 Å². The lowest BCUT2D eigenvalue weighted by molar-refractivity contribution is 0.101. The van der Waals surface area contributed by atoms with Crippen LogP contribution in [0.15, 0.2) is 42.0 Å². The highest BCUT2D eigenvalue weighted by Crippen LogP contribution is 2.21. The van der Waals surface area contributed by atoms with Crippen LogP contribution in [0.25, 0.3) is 0 Å². The Morgan fingerprint density at radius 2 is 2.08 bits per heavy atom. The van der Waals surface area contributed by atoms with Gasteiger partial charge in [-0.15, -0.1) is 0 Å². The Labute approximate surface area is 155 Å². The molecule has 3 rings (SSSR count). The number of allylic oxidation sites excluding steroid dienone is 1. The van der Waals surface area contributed by atoms with Crippen LogP contribution in [0.2, 0.25) is 0 Å². The van der Waals surface area contributed by atoms with Crippen molar-refractivity contribution in [2.45, 2.75) is 46.0 Å². The maximum atomic E-state index is 11.5. The first-order chi connectivity index (χ1) is 12.6. The lowest BCUT2D eigenvalue weighted by Gasteiger charge is -2.14. The van der Waals surface area contributed by atoms with E-state index in [0.29, 0.717) is 11.5 Å². The number of ketones is 1. The average molecular weight is 350 g/mol. The van der Waals surface area contributed by atoms with Crippen molar-refractivity contribution in [1.29, 1.82) is 0 Å². The van der Waals surface area contributed by atoms with Crippen LogP contribution in [-0.4, -0.2) is 22.3 Å². The quantitative estimate of drug-likeness (QED) is 0.541. The van der Waals surface area contributed by atoms with E-state index in [1.807, 2.05) is 31.2 Å². The molecule has 0 amide bonds. The topological polar surface area (TPSA) is 66.9 Å². The molecule has 1 heterocycles. The van der Waals surface area contributed by atoms with Crippen molar-refractivity contribution < 1.29 is 4.79 Å². The normalized spacial score (nSPS) is 13.8. The van der Waals surface area contributed by atoms with E-state index < -0.39 is 0 Å². The summed E-state index contributed by atoms with van der Waals surface area (Å²) in [6, 6.07) is 9.33. The summed E-state index contributed by atoms with van der Waals surface area (Å²) in [5, 5.41) is 6.60. The van der Waals surface area contributed by atoms with Gasteiger partial charge in [0, 0.05) is 29.6 Å². The zero-order valence-corrected chi connectivity index (χ0v) is 15.5. The number of rotatable bonds is 7. The van der Waals surface area contributed by atoms with Gasteiger partial charge in [0.2, 0.25) is 5.95 Å². The van der Waals surface area contributed by atoms with Crippen molar-refractivity contribution >= 4 is 23.2 Å². The molecule has 2 N–H and O–H groups in total. The second-order valence-electron chi connectivity index (χ2n) is 6.77. The van der Waals surface area contributed by atoms with Crippen LogP contribution >= 0.6 is 0 Å². The standard InChI is InChI=1S/C21H26N4O/c1-15-13-20(22-12-11-17-7-4-3-5-8-17)25-21(23-15)24-19-10-6-9-18(14-19)16(2)26/h6-7,9-10,13-14H,3-5,8,11-12H2,1-2H3,(H2,22,23,24,25). The molecular weight excluding hydrogens is 324 g/mol. The molecule has 0 bridgehead atoms. The van der Waals surface area contributed by atoms with Gasteiger partial charge in [0.25, 0.3) is 0 Å². The van der Waals surface area contributed by atoms with Gasteiger partial charge in [0.1, 0.15) is 5.82 Å². The predicted molar refractivity (Wildman–Crippen MR) is 106 cm³/mol. The monoisotopic (exact) mass is 350 g/mol. The fourth-order valence-corrected chi connectivity index (χ4v) is 3.14. The summed E-state index contributed by atoms with van der Waals surface area (Å²) in [4.78, 5) is 20.5. The van der Waals surface area contributed by atoms with Crippen molar-refractivity contribution in [1.82, 2.24) is 9.97 Å². The van der Waals surface area contributed by atoms with E-state index in [1.54, 1.807) is 18.6 Å². The van der Waals surface area contributed by atoms with Gasteiger partial charge in [-0.2, -0.15) is 4.98 Å². The number of nitrogens with one attached hydrogen (secondary N) is 2. The summed E-state index contributed by atoms with van der Waals surface area (Å²) in [7, 11) is 0. The third-order valence-electron chi connectivity index (χ3n) is 4.52. The Bertz CT molecular complexity index is 813. The summed E-state index contributed by atoms with van der Waals surface area (Å²) in [6.45, 7) is 4.39. The smallest absolute Gasteiger partial charge is 0.229 e. The lowest BCUT2D eigenvalue weighted by atomic mass is 9.97. The Morgan fingerprint density at radius 1 is 1.19 bits per heavy atom. The summed E-state index contributed by atoms with van der Waals surface area (Å²) in [5.41, 5.74) is 3.92. The van der Waals surface area contributed by atoms with Gasteiger partial charge in [-0.3, -0.25) is 4.79 Å². The van der Waals surface area contributed by atoms with Crippen LogP contribution < -0.4 is 10.6 Å². The number of hydrogen-bond donors (Lipinski definition) is 2. The molecule has 0 radical (unpaired) electrons. The number of Topliss-reactive ketones (excluding diaryl/α,β-unsaturated/α-hetero) is 1. The number of aromatic nitrogens is 2. The van der Waals surface area contributed by atoms with Crippen LogP contribution in [-0.2, 0) is 0 Å². The maximum Gasteiger partial charge on any atom is 0.229 e. The maximum absolute atomic E-state index is 11.5. The van der Waals surface area contributed by atoms with Gasteiger partial charge in [0.15, 0.2) is 5.78 Å². The number of carbonyl (C=O) groups is 1. The Balaban J connectivity index is 1.64. The molecule has 2 aromatic rings. The van der Waals surface area contributed by atoms with Gasteiger partial charge in [-0.1, -0.05) is 23.8 Å². The molecular formula is C21H26N4O. The van der Waals surface area contributed by atoms with Gasteiger partial charge < -0.3 is 10.6 Å². The largest absolute Gasteiger partial charge is 0.370 e. The van der Waals surface area contributed by atoms with E-state index in [9.17, 15) is 4.79 Å². The number of benzene rings is 1. The SMILES string of the molecule is CC(=O)c1cccc(Nc2nc(C)cc(NCCC3=CCCCC3)n2)c1. The van der Waals surface area contributed by atoms with E-state index in [0.717, 1.165) is 30.2 Å². The van der Waals surface area contributed by atoms with Gasteiger partial charge in [-0.05, 0) is 58.1 Å². The molecule has 0 fully saturated rings. The third kappa shape index (κ3) is 5.15. The molecule has 26 heavy (non-hydrogen) atoms. The highest BCUT2D eigenvalue weighted by molar-refractivity contribution is 5.95. The lowest BCUT2D eigenvalue weighted by Crippen LogP contribution is -2.08. The highest BCUT2D eigenvalue weighted by Gasteiger charge is 2.06. The Kier molecular flexibility index (Phi) is 6.00. The third-order valence-corrected chi connectivity index (χ3v) is 4.52. The van der Waals surface area contributed by atoms with Crippen LogP contribution in [0.5, 0.6) is 0 Å². The van der Waals surface area contributed by atoms with Crippen LogP contribution in [0.3, 0.4) is 0 Å². The Morgan fingerprint density at radius 3 is 2.85 bits per heavy atom. The minimum absolute atomic E-state index is 0.0400. The summed E-state index contributed by atoms with van der Waals surface area (Å²) < 4.78 is 0. The molecule has 5 heteroatoms. The van der Waals surface area contributed by atoms with E-state index in [-0.39, 0.29) is 5.78 Å². The molecule has 1 aliphatic rings. The van der Waals surface area contributed by atoms with Crippen molar-refractivity contribution in [3.05, 3.63) is 53.2 Å². The first kappa shape index (κ1) is 18.1. The molecule has 1 aliphatic carbocycles. The van der Waals surface area contributed by atoms with Crippen molar-refractivity contribution in [3.8, 4) is 0 Å². The molecule has 136 valence electrons. The number of hydrogen-bond acceptors (Lipinski definition) is 5. The second kappa shape index (κ2) is 8.61. The first-order valence-corrected chi connectivity index (χ1v) is 9.25. The van der Waals surface area contributed by atoms with Gasteiger partial charge >= 0.3 is 0 Å². The molecule has 0 saturated carbocycles. The van der Waals surface area contributed by atoms with Gasteiger partial charge in [0.05, 0.1) is 0 Å². The number of anilines is 3. The van der Waals surface area contributed by atoms with E-state index in [2.05, 4.69) is 26.7 Å². The zero-order chi connectivity index (χ0) is 18.4. The summed E-state index contributed by atoms with van der Waals surface area (Å²) in [5.74, 6) is 1.39. The zero-order valence-electron chi connectivity index (χ0n) is 15.5. The molecule has 0 saturated heterocycles. The average Bonchev–Trinajstić information content (AvgIpc) is 2.62. The Hall–Kier alpha value is -2.69. The predicted octanol–water partition coefficient (Wildman–Crippen LogP) is 5.03. The number of carbonyl (C=O) groups excluding carboxylic acids is 1. The molecule has 0 atom stereocenters. The first-order valence-electron chi connectivity index (χ1n) is 9.25. The molecule has 0 unspecified atom stereocenters. The van der Waals surface area contributed by atoms with Crippen molar-refractivity contribution in [2.24, 2.45) is 0 Å². The van der Waals surface area contributed by atoms with Crippen molar-refractivity contribution in [2.75, 3.05) is 17.2 Å². The highest BCUT2D eigenvalue weighted by atomic mass is 16.1. The minimum atomic E-state index is 0.0400. The summed E-state index contributed by atoms with van der Waals surface area (Å²) in [6.07, 6.45) is 8.52. The molecule has 1 aromatic carbocycles. The molecule has 1 aromatic heterocycles. The van der Waals surface area contributed by atoms with Gasteiger partial charge in [-0.25, -0.2) is 4.98 Å². The molecule has 5 nitrogen and oxygen atoms in total. The molecule has 0 spiro atoms. The molecule has 0 aliphatic heterocycles. The van der Waals surface area contributed by atoms with Crippen LogP contribution in [0, 0.1) is 6.92 Å². The number of aryl methyl sites for hydroxylation is 1. The fourth-order valence-electron chi connectivity index (χ4n) is 3.14. The van der Waals surface area contributed by atoms with E-state index in [4.69, 9.17) is 0 Å². The summed E-state index contributed by atoms with van der Waals surface area (Å²) >= 11 is 0. The van der Waals surface area contributed by atoms with Crippen LogP contribution in [0.1, 0.15) is 55.1 Å². The number of nitrogens with zero attached hydrogens (tertiary/aromatic N) is 2.